The lowest BCUT2D eigenvalue weighted by Crippen LogP contribution is -2.27. The van der Waals surface area contributed by atoms with E-state index in [9.17, 15) is 4.39 Å². The van der Waals surface area contributed by atoms with Gasteiger partial charge in [-0.3, -0.25) is 0 Å². The lowest BCUT2D eigenvalue weighted by atomic mass is 10.0. The summed E-state index contributed by atoms with van der Waals surface area (Å²) >= 11 is 0. The van der Waals surface area contributed by atoms with Crippen LogP contribution in [-0.4, -0.2) is 12.6 Å². The van der Waals surface area contributed by atoms with Crippen molar-refractivity contribution < 1.29 is 9.13 Å². The van der Waals surface area contributed by atoms with Gasteiger partial charge in [0.05, 0.1) is 12.7 Å². The maximum absolute atomic E-state index is 12.8. The molecule has 0 aromatic heterocycles. The molecule has 3 heteroatoms. The molecule has 0 bridgehead atoms. The molecular weight excluding hydrogens is 205 g/mol. The zero-order valence-corrected chi connectivity index (χ0v) is 9.53. The van der Waals surface area contributed by atoms with Crippen LogP contribution >= 0.6 is 0 Å². The van der Waals surface area contributed by atoms with Crippen LogP contribution in [0.4, 0.5) is 4.39 Å². The first-order valence-corrected chi connectivity index (χ1v) is 5.79. The third-order valence-electron chi connectivity index (χ3n) is 2.88. The van der Waals surface area contributed by atoms with Gasteiger partial charge in [-0.05, 0) is 43.4 Å². The molecule has 2 unspecified atom stereocenters. The van der Waals surface area contributed by atoms with Gasteiger partial charge >= 0.3 is 0 Å². The van der Waals surface area contributed by atoms with Crippen LogP contribution in [0.1, 0.15) is 31.4 Å². The highest BCUT2D eigenvalue weighted by Crippen LogP contribution is 2.31. The molecule has 1 aliphatic carbocycles. The smallest absolute Gasteiger partial charge is 0.123 e. The monoisotopic (exact) mass is 223 g/mol. The van der Waals surface area contributed by atoms with Crippen molar-refractivity contribution in [3.05, 3.63) is 35.6 Å². The van der Waals surface area contributed by atoms with Crippen molar-refractivity contribution in [2.24, 2.45) is 11.7 Å². The Labute approximate surface area is 95.6 Å². The van der Waals surface area contributed by atoms with E-state index in [1.54, 1.807) is 12.1 Å². The summed E-state index contributed by atoms with van der Waals surface area (Å²) in [7, 11) is 0. The molecule has 16 heavy (non-hydrogen) atoms. The quantitative estimate of drug-likeness (QED) is 0.832. The van der Waals surface area contributed by atoms with Crippen LogP contribution in [0.15, 0.2) is 24.3 Å². The standard InChI is InChI=1S/C13H18FNO/c1-9(15)13(16-8-10-2-3-10)11-4-6-12(14)7-5-11/h4-7,9-10,13H,2-3,8,15H2,1H3. The molecule has 1 aromatic carbocycles. The van der Waals surface area contributed by atoms with Crippen molar-refractivity contribution >= 4 is 0 Å². The Kier molecular flexibility index (Phi) is 3.56. The second-order valence-electron chi connectivity index (χ2n) is 4.61. The number of rotatable bonds is 5. The predicted molar refractivity (Wildman–Crippen MR) is 61.5 cm³/mol. The Morgan fingerprint density at radius 1 is 1.38 bits per heavy atom. The second kappa shape index (κ2) is 4.93. The van der Waals surface area contributed by atoms with Crippen molar-refractivity contribution in [3.63, 3.8) is 0 Å². The minimum absolute atomic E-state index is 0.0794. The largest absolute Gasteiger partial charge is 0.372 e. The minimum atomic E-state index is -0.227. The van der Waals surface area contributed by atoms with Gasteiger partial charge in [-0.25, -0.2) is 4.39 Å². The predicted octanol–water partition coefficient (Wildman–Crippen LogP) is 2.64. The summed E-state index contributed by atoms with van der Waals surface area (Å²) in [5.74, 6) is 0.482. The summed E-state index contributed by atoms with van der Waals surface area (Å²) in [4.78, 5) is 0. The van der Waals surface area contributed by atoms with Gasteiger partial charge in [0.25, 0.3) is 0 Å². The van der Waals surface area contributed by atoms with Crippen molar-refractivity contribution in [1.29, 1.82) is 0 Å². The topological polar surface area (TPSA) is 35.2 Å². The van der Waals surface area contributed by atoms with Crippen molar-refractivity contribution in [2.45, 2.75) is 31.9 Å². The van der Waals surface area contributed by atoms with Crippen molar-refractivity contribution in [2.75, 3.05) is 6.61 Å². The summed E-state index contributed by atoms with van der Waals surface area (Å²) in [5.41, 5.74) is 6.85. The van der Waals surface area contributed by atoms with E-state index in [2.05, 4.69) is 0 Å². The number of hydrogen-bond donors (Lipinski definition) is 1. The van der Waals surface area contributed by atoms with Crippen LogP contribution in [0.3, 0.4) is 0 Å². The molecule has 0 aliphatic heterocycles. The number of hydrogen-bond acceptors (Lipinski definition) is 2. The highest BCUT2D eigenvalue weighted by Gasteiger charge is 2.25. The number of benzene rings is 1. The Morgan fingerprint density at radius 3 is 2.50 bits per heavy atom. The normalized spacial score (nSPS) is 19.4. The van der Waals surface area contributed by atoms with Gasteiger partial charge in [0.1, 0.15) is 5.82 Å². The zero-order valence-electron chi connectivity index (χ0n) is 9.53. The third kappa shape index (κ3) is 3.03. The molecule has 0 heterocycles. The molecule has 2 nitrogen and oxygen atoms in total. The second-order valence-corrected chi connectivity index (χ2v) is 4.61. The first-order valence-electron chi connectivity index (χ1n) is 5.79. The molecular formula is C13H18FNO. The van der Waals surface area contributed by atoms with Crippen LogP contribution < -0.4 is 5.73 Å². The molecule has 1 saturated carbocycles. The van der Waals surface area contributed by atoms with E-state index < -0.39 is 0 Å². The van der Waals surface area contributed by atoms with Crippen molar-refractivity contribution in [1.82, 2.24) is 0 Å². The molecule has 1 aromatic rings. The van der Waals surface area contributed by atoms with Gasteiger partial charge in [-0.2, -0.15) is 0 Å². The van der Waals surface area contributed by atoms with Crippen LogP contribution in [0.25, 0.3) is 0 Å². The van der Waals surface area contributed by atoms with E-state index in [1.807, 2.05) is 6.92 Å². The lowest BCUT2D eigenvalue weighted by Gasteiger charge is -2.21. The molecule has 2 rings (SSSR count). The average molecular weight is 223 g/mol. The maximum Gasteiger partial charge on any atom is 0.123 e. The van der Waals surface area contributed by atoms with Crippen LogP contribution in [0, 0.1) is 11.7 Å². The Bertz CT molecular complexity index is 332. The van der Waals surface area contributed by atoms with Crippen LogP contribution in [0.5, 0.6) is 0 Å². The molecule has 0 amide bonds. The van der Waals surface area contributed by atoms with Gasteiger partial charge in [0, 0.05) is 6.04 Å². The molecule has 0 saturated heterocycles. The molecule has 1 aliphatic rings. The SMILES string of the molecule is CC(N)C(OCC1CC1)c1ccc(F)cc1. The highest BCUT2D eigenvalue weighted by atomic mass is 19.1. The average Bonchev–Trinajstić information content (AvgIpc) is 3.04. The van der Waals surface area contributed by atoms with E-state index in [4.69, 9.17) is 10.5 Å². The minimum Gasteiger partial charge on any atom is -0.372 e. The zero-order chi connectivity index (χ0) is 11.5. The van der Waals surface area contributed by atoms with Crippen LogP contribution in [0.2, 0.25) is 0 Å². The molecule has 2 N–H and O–H groups in total. The van der Waals surface area contributed by atoms with E-state index in [1.165, 1.54) is 25.0 Å². The molecule has 0 radical (unpaired) electrons. The fraction of sp³-hybridized carbons (Fsp3) is 0.538. The molecule has 88 valence electrons. The highest BCUT2D eigenvalue weighted by molar-refractivity contribution is 5.20. The maximum atomic E-state index is 12.8. The molecule has 1 fully saturated rings. The van der Waals surface area contributed by atoms with Gasteiger partial charge in [0.2, 0.25) is 0 Å². The Balaban J connectivity index is 2.01. The van der Waals surface area contributed by atoms with Gasteiger partial charge in [0.15, 0.2) is 0 Å². The van der Waals surface area contributed by atoms with Crippen molar-refractivity contribution in [3.8, 4) is 0 Å². The number of nitrogens with two attached hydrogens (primary N) is 1. The summed E-state index contributed by atoms with van der Waals surface area (Å²) in [6.07, 6.45) is 2.39. The summed E-state index contributed by atoms with van der Waals surface area (Å²) in [6, 6.07) is 6.31. The summed E-state index contributed by atoms with van der Waals surface area (Å²) in [6.45, 7) is 2.69. The first kappa shape index (κ1) is 11.6. The molecule has 0 spiro atoms. The Morgan fingerprint density at radius 2 is 2.00 bits per heavy atom. The fourth-order valence-electron chi connectivity index (χ4n) is 1.73. The summed E-state index contributed by atoms with van der Waals surface area (Å²) in [5, 5.41) is 0. The van der Waals surface area contributed by atoms with E-state index in [-0.39, 0.29) is 18.0 Å². The van der Waals surface area contributed by atoms with Gasteiger partial charge in [-0.1, -0.05) is 12.1 Å². The Hall–Kier alpha value is -0.930. The van der Waals surface area contributed by atoms with Gasteiger partial charge in [-0.15, -0.1) is 0 Å². The lowest BCUT2D eigenvalue weighted by molar-refractivity contribution is 0.0314. The fourth-order valence-corrected chi connectivity index (χ4v) is 1.73. The summed E-state index contributed by atoms with van der Waals surface area (Å²) < 4.78 is 18.6. The number of halogens is 1. The van der Waals surface area contributed by atoms with E-state index in [0.29, 0.717) is 5.92 Å². The van der Waals surface area contributed by atoms with E-state index in [0.717, 1.165) is 12.2 Å². The first-order chi connectivity index (χ1) is 7.66. The molecule has 2 atom stereocenters. The van der Waals surface area contributed by atoms with E-state index >= 15 is 0 Å². The number of ether oxygens (including phenoxy) is 1. The third-order valence-corrected chi connectivity index (χ3v) is 2.88. The van der Waals surface area contributed by atoms with Gasteiger partial charge < -0.3 is 10.5 Å². The van der Waals surface area contributed by atoms with Crippen LogP contribution in [-0.2, 0) is 4.74 Å².